The van der Waals surface area contributed by atoms with Crippen molar-refractivity contribution in [3.8, 4) is 11.1 Å². The monoisotopic (exact) mass is 464 g/mol. The quantitative estimate of drug-likeness (QED) is 0.609. The number of nitrogens with one attached hydrogen (secondary N) is 1. The zero-order valence-electron chi connectivity index (χ0n) is 19.9. The second-order valence-electron chi connectivity index (χ2n) is 9.69. The Morgan fingerprint density at radius 2 is 1.59 bits per heavy atom. The average Bonchev–Trinajstić information content (AvgIpc) is 3.09. The summed E-state index contributed by atoms with van der Waals surface area (Å²) < 4.78 is 5.64. The van der Waals surface area contributed by atoms with Crippen molar-refractivity contribution in [2.75, 3.05) is 13.7 Å². The number of ether oxygens (including phenoxy) is 1. The Kier molecular flexibility index (Phi) is 6.91. The highest BCUT2D eigenvalue weighted by Crippen LogP contribution is 2.44. The van der Waals surface area contributed by atoms with Gasteiger partial charge in [0.15, 0.2) is 0 Å². The van der Waals surface area contributed by atoms with Crippen LogP contribution in [-0.4, -0.2) is 53.7 Å². The van der Waals surface area contributed by atoms with Crippen LogP contribution in [0.1, 0.15) is 50.2 Å². The number of hydrogen-bond acceptors (Lipinski definition) is 4. The first-order chi connectivity index (χ1) is 16.3. The number of carboxylic acids is 1. The van der Waals surface area contributed by atoms with Crippen molar-refractivity contribution in [2.24, 2.45) is 11.8 Å². The summed E-state index contributed by atoms with van der Waals surface area (Å²) in [6, 6.07) is 15.9. The van der Waals surface area contributed by atoms with Crippen LogP contribution in [0.5, 0.6) is 0 Å². The van der Waals surface area contributed by atoms with E-state index in [4.69, 9.17) is 9.84 Å². The number of aliphatic carboxylic acids is 1. The number of carbonyl (C=O) groups excluding carboxylic acids is 2. The molecular weight excluding hydrogens is 432 g/mol. The summed E-state index contributed by atoms with van der Waals surface area (Å²) in [7, 11) is 1.70. The summed E-state index contributed by atoms with van der Waals surface area (Å²) in [5, 5.41) is 11.9. The summed E-state index contributed by atoms with van der Waals surface area (Å²) in [6.45, 7) is 4.12. The summed E-state index contributed by atoms with van der Waals surface area (Å²) in [4.78, 5) is 38.1. The molecule has 2 aromatic carbocycles. The van der Waals surface area contributed by atoms with Gasteiger partial charge in [0.1, 0.15) is 6.61 Å². The largest absolute Gasteiger partial charge is 0.481 e. The SMILES string of the molecule is CC(C)C(CC(=O)N(C)C1CC(C(=O)O)C1)NC(=O)OCC1c2ccccc2-c2ccccc21. The Bertz CT molecular complexity index is 1030. The van der Waals surface area contributed by atoms with E-state index in [9.17, 15) is 14.4 Å². The second kappa shape index (κ2) is 9.87. The molecule has 1 unspecified atom stereocenters. The van der Waals surface area contributed by atoms with Crippen LogP contribution in [0.25, 0.3) is 11.1 Å². The Hall–Kier alpha value is -3.35. The molecule has 2 amide bonds. The van der Waals surface area contributed by atoms with Crippen molar-refractivity contribution < 1.29 is 24.2 Å². The van der Waals surface area contributed by atoms with Crippen molar-refractivity contribution in [2.45, 2.75) is 51.1 Å². The third kappa shape index (κ3) is 4.79. The van der Waals surface area contributed by atoms with Gasteiger partial charge < -0.3 is 20.1 Å². The van der Waals surface area contributed by atoms with Crippen molar-refractivity contribution in [1.82, 2.24) is 10.2 Å². The summed E-state index contributed by atoms with van der Waals surface area (Å²) in [6.07, 6.45) is 0.561. The minimum Gasteiger partial charge on any atom is -0.481 e. The van der Waals surface area contributed by atoms with E-state index in [0.29, 0.717) is 12.8 Å². The van der Waals surface area contributed by atoms with Crippen molar-refractivity contribution >= 4 is 18.0 Å². The summed E-state index contributed by atoms with van der Waals surface area (Å²) >= 11 is 0. The number of carbonyl (C=O) groups is 3. The van der Waals surface area contributed by atoms with Crippen molar-refractivity contribution in [3.05, 3.63) is 59.7 Å². The minimum absolute atomic E-state index is 0.0239. The number of rotatable bonds is 8. The normalized spacial score (nSPS) is 19.5. The highest BCUT2D eigenvalue weighted by atomic mass is 16.5. The zero-order valence-corrected chi connectivity index (χ0v) is 19.9. The Balaban J connectivity index is 1.33. The fraction of sp³-hybridized carbons (Fsp3) is 0.444. The van der Waals surface area contributed by atoms with Crippen LogP contribution in [-0.2, 0) is 14.3 Å². The number of carboxylic acid groups (broad SMARTS) is 1. The minimum atomic E-state index is -0.811. The molecule has 1 atom stereocenters. The van der Waals surface area contributed by atoms with E-state index in [2.05, 4.69) is 29.6 Å². The standard InChI is InChI=1S/C27H32N2O5/c1-16(2)24(14-25(30)29(3)18-12-17(13-18)26(31)32)28-27(33)34-15-23-21-10-6-4-8-19(21)20-9-5-7-11-22(20)23/h4-11,16-18,23-24H,12-15H2,1-3H3,(H,28,33)(H,31,32). The first kappa shape index (κ1) is 23.8. The van der Waals surface area contributed by atoms with E-state index in [1.54, 1.807) is 11.9 Å². The molecule has 0 saturated heterocycles. The van der Waals surface area contributed by atoms with Gasteiger partial charge in [0, 0.05) is 31.5 Å². The average molecular weight is 465 g/mol. The Morgan fingerprint density at radius 3 is 2.12 bits per heavy atom. The fourth-order valence-corrected chi connectivity index (χ4v) is 4.89. The number of amides is 2. The third-order valence-corrected chi connectivity index (χ3v) is 7.25. The van der Waals surface area contributed by atoms with Gasteiger partial charge >= 0.3 is 12.1 Å². The van der Waals surface area contributed by atoms with Crippen molar-refractivity contribution in [3.63, 3.8) is 0 Å². The van der Waals surface area contributed by atoms with Crippen LogP contribution in [0, 0.1) is 11.8 Å². The predicted octanol–water partition coefficient (Wildman–Crippen LogP) is 4.26. The fourth-order valence-electron chi connectivity index (χ4n) is 4.89. The molecule has 2 aliphatic rings. The highest BCUT2D eigenvalue weighted by Gasteiger charge is 2.39. The van der Waals surface area contributed by atoms with E-state index >= 15 is 0 Å². The highest BCUT2D eigenvalue weighted by molar-refractivity contribution is 5.80. The van der Waals surface area contributed by atoms with E-state index in [0.717, 1.165) is 11.1 Å². The van der Waals surface area contributed by atoms with Crippen LogP contribution < -0.4 is 5.32 Å². The maximum atomic E-state index is 12.8. The molecule has 1 fully saturated rings. The molecule has 1 saturated carbocycles. The van der Waals surface area contributed by atoms with Gasteiger partial charge in [-0.15, -0.1) is 0 Å². The van der Waals surface area contributed by atoms with Crippen LogP contribution in [0.3, 0.4) is 0 Å². The Labute approximate surface area is 200 Å². The molecule has 0 heterocycles. The lowest BCUT2D eigenvalue weighted by Gasteiger charge is -2.39. The topological polar surface area (TPSA) is 95.9 Å². The van der Waals surface area contributed by atoms with E-state index in [1.807, 2.05) is 38.1 Å². The van der Waals surface area contributed by atoms with Crippen LogP contribution >= 0.6 is 0 Å². The molecule has 34 heavy (non-hydrogen) atoms. The Morgan fingerprint density at radius 1 is 1.03 bits per heavy atom. The number of nitrogens with zero attached hydrogens (tertiary/aromatic N) is 1. The summed E-state index contributed by atoms with van der Waals surface area (Å²) in [5.74, 6) is -1.28. The third-order valence-electron chi connectivity index (χ3n) is 7.25. The van der Waals surface area contributed by atoms with Gasteiger partial charge in [-0.05, 0) is 41.0 Å². The van der Waals surface area contributed by atoms with Crippen LogP contribution in [0.4, 0.5) is 4.79 Å². The van der Waals surface area contributed by atoms with Gasteiger partial charge in [0.25, 0.3) is 0 Å². The molecule has 4 rings (SSSR count). The predicted molar refractivity (Wildman–Crippen MR) is 128 cm³/mol. The molecule has 0 radical (unpaired) electrons. The lowest BCUT2D eigenvalue weighted by atomic mass is 9.79. The lowest BCUT2D eigenvalue weighted by molar-refractivity contribution is -0.150. The van der Waals surface area contributed by atoms with E-state index < -0.39 is 12.1 Å². The molecule has 0 aliphatic heterocycles. The molecular formula is C27H32N2O5. The molecule has 0 aromatic heterocycles. The second-order valence-corrected chi connectivity index (χ2v) is 9.69. The number of fused-ring (bicyclic) bond motifs is 3. The molecule has 7 heteroatoms. The van der Waals surface area contributed by atoms with Gasteiger partial charge in [-0.25, -0.2) is 4.79 Å². The van der Waals surface area contributed by atoms with E-state index in [1.165, 1.54) is 11.1 Å². The van der Waals surface area contributed by atoms with Gasteiger partial charge in [-0.3, -0.25) is 9.59 Å². The first-order valence-corrected chi connectivity index (χ1v) is 11.9. The zero-order chi connectivity index (χ0) is 24.4. The number of hydrogen-bond donors (Lipinski definition) is 2. The molecule has 2 aromatic rings. The molecule has 7 nitrogen and oxygen atoms in total. The van der Waals surface area contributed by atoms with Crippen LogP contribution in [0.2, 0.25) is 0 Å². The van der Waals surface area contributed by atoms with Crippen molar-refractivity contribution in [1.29, 1.82) is 0 Å². The maximum Gasteiger partial charge on any atom is 0.407 e. The van der Waals surface area contributed by atoms with Gasteiger partial charge in [-0.2, -0.15) is 0 Å². The molecule has 2 aliphatic carbocycles. The molecule has 0 bridgehead atoms. The van der Waals surface area contributed by atoms with Gasteiger partial charge in [-0.1, -0.05) is 62.4 Å². The lowest BCUT2D eigenvalue weighted by Crippen LogP contribution is -2.50. The summed E-state index contributed by atoms with van der Waals surface area (Å²) in [5.41, 5.74) is 4.63. The molecule has 2 N–H and O–H groups in total. The molecule has 180 valence electrons. The smallest absolute Gasteiger partial charge is 0.407 e. The van der Waals surface area contributed by atoms with Crippen LogP contribution in [0.15, 0.2) is 48.5 Å². The maximum absolute atomic E-state index is 12.8. The molecule has 0 spiro atoms. The first-order valence-electron chi connectivity index (χ1n) is 11.9. The van der Waals surface area contributed by atoms with Gasteiger partial charge in [0.05, 0.1) is 5.92 Å². The number of alkyl carbamates (subject to hydrolysis) is 1. The van der Waals surface area contributed by atoms with E-state index in [-0.39, 0.29) is 48.8 Å². The number of benzene rings is 2. The van der Waals surface area contributed by atoms with Gasteiger partial charge in [0.2, 0.25) is 5.91 Å².